The fourth-order valence-electron chi connectivity index (χ4n) is 2.06. The molecule has 6 nitrogen and oxygen atoms in total. The molecule has 20 heavy (non-hydrogen) atoms. The number of morpholine rings is 1. The fraction of sp³-hybridized carbons (Fsp3) is 0.786. The average molecular weight is 285 g/mol. The second kappa shape index (κ2) is 9.88. The molecule has 0 aromatic carbocycles. The molecule has 0 saturated carbocycles. The minimum atomic E-state index is -0.0674. The predicted molar refractivity (Wildman–Crippen MR) is 78.8 cm³/mol. The highest BCUT2D eigenvalue weighted by Crippen LogP contribution is 1.99. The van der Waals surface area contributed by atoms with Crippen molar-refractivity contribution in [2.75, 3.05) is 67.2 Å². The summed E-state index contributed by atoms with van der Waals surface area (Å²) in [6.07, 6.45) is 3.44. The lowest BCUT2D eigenvalue weighted by molar-refractivity contribution is -0.117. The van der Waals surface area contributed by atoms with Crippen LogP contribution in [0.3, 0.4) is 0 Å². The van der Waals surface area contributed by atoms with Crippen LogP contribution in [0, 0.1) is 0 Å². The van der Waals surface area contributed by atoms with E-state index in [4.69, 9.17) is 9.47 Å². The van der Waals surface area contributed by atoms with Crippen molar-refractivity contribution < 1.29 is 14.3 Å². The molecule has 0 aromatic rings. The molecule has 1 heterocycles. The normalized spacial score (nSPS) is 18.6. The Morgan fingerprint density at radius 3 is 2.75 bits per heavy atom. The van der Waals surface area contributed by atoms with Crippen LogP contribution in [0.1, 0.15) is 0 Å². The Morgan fingerprint density at radius 1 is 1.45 bits per heavy atom. The van der Waals surface area contributed by atoms with Crippen LogP contribution in [0.2, 0.25) is 0 Å². The van der Waals surface area contributed by atoms with E-state index in [9.17, 15) is 4.79 Å². The van der Waals surface area contributed by atoms with Gasteiger partial charge < -0.3 is 19.7 Å². The van der Waals surface area contributed by atoms with Crippen molar-refractivity contribution >= 4 is 5.91 Å². The number of rotatable bonds is 8. The molecule has 0 spiro atoms. The number of nitrogens with one attached hydrogen (secondary N) is 1. The van der Waals surface area contributed by atoms with Gasteiger partial charge in [-0.3, -0.25) is 9.69 Å². The molecule has 1 aliphatic heterocycles. The van der Waals surface area contributed by atoms with Gasteiger partial charge in [0, 0.05) is 39.4 Å². The largest absolute Gasteiger partial charge is 0.383 e. The number of carbonyl (C=O) groups excluding carboxylic acids is 1. The molecular weight excluding hydrogens is 258 g/mol. The summed E-state index contributed by atoms with van der Waals surface area (Å²) in [7, 11) is 5.59. The number of methoxy groups -OCH3 is 1. The minimum Gasteiger partial charge on any atom is -0.383 e. The van der Waals surface area contributed by atoms with Crippen LogP contribution in [-0.2, 0) is 14.3 Å². The first-order chi connectivity index (χ1) is 9.61. The van der Waals surface area contributed by atoms with Gasteiger partial charge in [-0.2, -0.15) is 0 Å². The molecule has 0 aliphatic carbocycles. The van der Waals surface area contributed by atoms with Gasteiger partial charge in [-0.1, -0.05) is 6.08 Å². The maximum absolute atomic E-state index is 11.8. The summed E-state index contributed by atoms with van der Waals surface area (Å²) in [5.41, 5.74) is 0. The molecular formula is C14H27N3O3. The first-order valence-corrected chi connectivity index (χ1v) is 7.02. The molecule has 1 rings (SSSR count). The zero-order valence-corrected chi connectivity index (χ0v) is 12.8. The van der Waals surface area contributed by atoms with Gasteiger partial charge in [-0.15, -0.1) is 0 Å². The molecule has 116 valence electrons. The van der Waals surface area contributed by atoms with E-state index >= 15 is 0 Å². The van der Waals surface area contributed by atoms with Crippen LogP contribution in [-0.4, -0.2) is 89.0 Å². The Balaban J connectivity index is 2.36. The summed E-state index contributed by atoms with van der Waals surface area (Å²) >= 11 is 0. The van der Waals surface area contributed by atoms with Crippen LogP contribution < -0.4 is 5.32 Å². The lowest BCUT2D eigenvalue weighted by atomic mass is 10.2. The first-order valence-electron chi connectivity index (χ1n) is 7.02. The Kier molecular flexibility index (Phi) is 8.45. The number of hydrogen-bond donors (Lipinski definition) is 1. The highest BCUT2D eigenvalue weighted by molar-refractivity contribution is 5.87. The highest BCUT2D eigenvalue weighted by atomic mass is 16.5. The van der Waals surface area contributed by atoms with Crippen LogP contribution in [0.15, 0.2) is 12.2 Å². The molecule has 1 saturated heterocycles. The lowest BCUT2D eigenvalue weighted by Crippen LogP contribution is -2.48. The third-order valence-corrected chi connectivity index (χ3v) is 3.04. The molecule has 1 N–H and O–H groups in total. The smallest absolute Gasteiger partial charge is 0.244 e. The van der Waals surface area contributed by atoms with E-state index < -0.39 is 0 Å². The van der Waals surface area contributed by atoms with Crippen molar-refractivity contribution in [3.8, 4) is 0 Å². The molecule has 0 aromatic heterocycles. The van der Waals surface area contributed by atoms with Crippen molar-refractivity contribution in [2.24, 2.45) is 0 Å². The molecule has 0 bridgehead atoms. The third-order valence-electron chi connectivity index (χ3n) is 3.04. The Bertz CT molecular complexity index is 302. The van der Waals surface area contributed by atoms with Gasteiger partial charge in [0.05, 0.1) is 25.9 Å². The van der Waals surface area contributed by atoms with E-state index in [2.05, 4.69) is 10.2 Å². The van der Waals surface area contributed by atoms with Gasteiger partial charge >= 0.3 is 0 Å². The van der Waals surface area contributed by atoms with Gasteiger partial charge in [0.25, 0.3) is 0 Å². The monoisotopic (exact) mass is 285 g/mol. The van der Waals surface area contributed by atoms with Gasteiger partial charge in [0.1, 0.15) is 0 Å². The quantitative estimate of drug-likeness (QED) is 0.613. The minimum absolute atomic E-state index is 0.00889. The Labute approximate surface area is 121 Å². The number of nitrogens with zero attached hydrogens (tertiary/aromatic N) is 2. The lowest BCUT2D eigenvalue weighted by Gasteiger charge is -2.30. The second-order valence-corrected chi connectivity index (χ2v) is 5.24. The van der Waals surface area contributed by atoms with Gasteiger partial charge in [-0.25, -0.2) is 0 Å². The van der Waals surface area contributed by atoms with Gasteiger partial charge in [0.2, 0.25) is 5.91 Å². The van der Waals surface area contributed by atoms with Crippen LogP contribution in [0.5, 0.6) is 0 Å². The van der Waals surface area contributed by atoms with E-state index in [0.29, 0.717) is 6.61 Å². The number of likely N-dealkylation sites (N-methyl/N-ethyl adjacent to an activating group) is 1. The van der Waals surface area contributed by atoms with Crippen molar-refractivity contribution in [2.45, 2.75) is 6.04 Å². The second-order valence-electron chi connectivity index (χ2n) is 5.24. The summed E-state index contributed by atoms with van der Waals surface area (Å²) in [5.74, 6) is -0.0674. The molecule has 1 fully saturated rings. The number of hydrogen-bond acceptors (Lipinski definition) is 5. The topological polar surface area (TPSA) is 54.0 Å². The molecule has 0 radical (unpaired) electrons. The van der Waals surface area contributed by atoms with Crippen LogP contribution in [0.4, 0.5) is 0 Å². The van der Waals surface area contributed by atoms with Crippen molar-refractivity contribution in [3.05, 3.63) is 12.2 Å². The third kappa shape index (κ3) is 7.59. The zero-order chi connectivity index (χ0) is 14.8. The maximum atomic E-state index is 11.8. The molecule has 6 heteroatoms. The molecule has 1 amide bonds. The number of amides is 1. The summed E-state index contributed by atoms with van der Waals surface area (Å²) in [6.45, 7) is 5.41. The van der Waals surface area contributed by atoms with Gasteiger partial charge in [-0.05, 0) is 14.1 Å². The molecule has 1 aliphatic rings. The first kappa shape index (κ1) is 17.1. The summed E-state index contributed by atoms with van der Waals surface area (Å²) in [4.78, 5) is 16.1. The fourth-order valence-corrected chi connectivity index (χ4v) is 2.06. The Morgan fingerprint density at radius 2 is 2.15 bits per heavy atom. The van der Waals surface area contributed by atoms with E-state index in [1.54, 1.807) is 13.2 Å². The SMILES string of the molecule is COCC(CN1CCOCC1)NC(=O)/C=C/CN(C)C. The van der Waals surface area contributed by atoms with Crippen LogP contribution in [0.25, 0.3) is 0 Å². The predicted octanol–water partition coefficient (Wildman–Crippen LogP) is -0.432. The van der Waals surface area contributed by atoms with E-state index in [-0.39, 0.29) is 11.9 Å². The Hall–Kier alpha value is -0.950. The van der Waals surface area contributed by atoms with Gasteiger partial charge in [0.15, 0.2) is 0 Å². The maximum Gasteiger partial charge on any atom is 0.244 e. The number of ether oxygens (including phenoxy) is 2. The molecule has 1 atom stereocenters. The van der Waals surface area contributed by atoms with E-state index in [1.807, 2.05) is 25.1 Å². The summed E-state index contributed by atoms with van der Waals surface area (Å²) in [5, 5.41) is 2.99. The average Bonchev–Trinajstić information content (AvgIpc) is 2.39. The molecule has 1 unspecified atom stereocenters. The van der Waals surface area contributed by atoms with Crippen molar-refractivity contribution in [1.82, 2.24) is 15.1 Å². The number of carbonyl (C=O) groups is 1. The van der Waals surface area contributed by atoms with Crippen LogP contribution >= 0.6 is 0 Å². The summed E-state index contributed by atoms with van der Waals surface area (Å²) < 4.78 is 10.5. The van der Waals surface area contributed by atoms with E-state index in [1.165, 1.54) is 0 Å². The van der Waals surface area contributed by atoms with E-state index in [0.717, 1.165) is 39.4 Å². The summed E-state index contributed by atoms with van der Waals surface area (Å²) in [6, 6.07) is 0.00889. The standard InChI is InChI=1S/C14H27N3O3/c1-16(2)6-4-5-14(18)15-13(12-19-3)11-17-7-9-20-10-8-17/h4-5,13H,6-12H2,1-3H3,(H,15,18)/b5-4+. The zero-order valence-electron chi connectivity index (χ0n) is 12.8. The highest BCUT2D eigenvalue weighted by Gasteiger charge is 2.17. The van der Waals surface area contributed by atoms with Crippen molar-refractivity contribution in [3.63, 3.8) is 0 Å². The van der Waals surface area contributed by atoms with Crippen molar-refractivity contribution in [1.29, 1.82) is 0 Å².